The van der Waals surface area contributed by atoms with Gasteiger partial charge in [-0.25, -0.2) is 0 Å². The van der Waals surface area contributed by atoms with Crippen LogP contribution in [0.5, 0.6) is 0 Å². The van der Waals surface area contributed by atoms with Crippen LogP contribution in [0.2, 0.25) is 0 Å². The average Bonchev–Trinajstić information content (AvgIpc) is 2.72. The van der Waals surface area contributed by atoms with Crippen LogP contribution >= 0.6 is 11.3 Å². The van der Waals surface area contributed by atoms with Gasteiger partial charge in [-0.1, -0.05) is 32.8 Å². The molecule has 0 aromatic carbocycles. The Morgan fingerprint density at radius 3 is 2.71 bits per heavy atom. The number of allylic oxidation sites excluding steroid dienone is 2. The van der Waals surface area contributed by atoms with Crippen molar-refractivity contribution in [2.75, 3.05) is 0 Å². The van der Waals surface area contributed by atoms with E-state index in [9.17, 15) is 0 Å². The maximum Gasteiger partial charge on any atom is 0.0123 e. The Bertz CT molecular complexity index is 344. The Morgan fingerprint density at radius 2 is 2.00 bits per heavy atom. The molecule has 0 aliphatic heterocycles. The number of fused-ring (bicyclic) bond motifs is 1. The minimum absolute atomic E-state index is 1.19. The largest absolute Gasteiger partial charge is 0.148 e. The summed E-state index contributed by atoms with van der Waals surface area (Å²) in [6.45, 7) is 4.54. The lowest BCUT2D eigenvalue weighted by atomic mass is 10.0. The maximum absolute atomic E-state index is 2.43. The van der Waals surface area contributed by atoms with Crippen LogP contribution in [0.3, 0.4) is 0 Å². The molecule has 76 valence electrons. The van der Waals surface area contributed by atoms with Crippen molar-refractivity contribution in [1.82, 2.24) is 0 Å². The monoisotopic (exact) mass is 206 g/mol. The van der Waals surface area contributed by atoms with Crippen LogP contribution in [0.1, 0.15) is 49.1 Å². The highest BCUT2D eigenvalue weighted by molar-refractivity contribution is 7.10. The van der Waals surface area contributed by atoms with Gasteiger partial charge in [0.25, 0.3) is 0 Å². The van der Waals surface area contributed by atoms with Crippen molar-refractivity contribution in [1.29, 1.82) is 0 Å². The molecule has 1 aromatic heterocycles. The molecule has 0 fully saturated rings. The van der Waals surface area contributed by atoms with Crippen LogP contribution in [0.25, 0.3) is 5.57 Å². The molecule has 1 aromatic rings. The van der Waals surface area contributed by atoms with Gasteiger partial charge in [-0.15, -0.1) is 11.3 Å². The fourth-order valence-corrected chi connectivity index (χ4v) is 3.42. The Hall–Kier alpha value is -0.560. The first-order valence-corrected chi connectivity index (χ1v) is 6.53. The lowest BCUT2D eigenvalue weighted by Gasteiger charge is -2.04. The van der Waals surface area contributed by atoms with Gasteiger partial charge in [0.2, 0.25) is 0 Å². The third-order valence-corrected chi connectivity index (χ3v) is 3.92. The van der Waals surface area contributed by atoms with Gasteiger partial charge in [0, 0.05) is 4.88 Å². The van der Waals surface area contributed by atoms with Crippen molar-refractivity contribution in [2.45, 2.75) is 46.0 Å². The number of hydrogen-bond acceptors (Lipinski definition) is 1. The first-order chi connectivity index (χ1) is 6.86. The number of aryl methyl sites for hydroxylation is 1. The second-order valence-electron chi connectivity index (χ2n) is 3.99. The first kappa shape index (κ1) is 9.97. The molecule has 1 aliphatic carbocycles. The molecule has 0 bridgehead atoms. The predicted octanol–water partition coefficient (Wildman–Crippen LogP) is 4.44. The zero-order chi connectivity index (χ0) is 9.97. The highest BCUT2D eigenvalue weighted by Crippen LogP contribution is 2.37. The summed E-state index contributed by atoms with van der Waals surface area (Å²) in [5, 5.41) is 2.36. The summed E-state index contributed by atoms with van der Waals surface area (Å²) < 4.78 is 0. The van der Waals surface area contributed by atoms with Gasteiger partial charge in [-0.05, 0) is 41.3 Å². The minimum Gasteiger partial charge on any atom is -0.148 e. The molecule has 0 unspecified atom stereocenters. The predicted molar refractivity (Wildman–Crippen MR) is 64.9 cm³/mol. The van der Waals surface area contributed by atoms with Crippen molar-refractivity contribution in [3.63, 3.8) is 0 Å². The van der Waals surface area contributed by atoms with Crippen LogP contribution in [-0.4, -0.2) is 0 Å². The van der Waals surface area contributed by atoms with E-state index in [1.165, 1.54) is 32.1 Å². The average molecular weight is 206 g/mol. The lowest BCUT2D eigenvalue weighted by molar-refractivity contribution is 0.929. The van der Waals surface area contributed by atoms with E-state index in [1.807, 2.05) is 11.3 Å². The second-order valence-corrected chi connectivity index (χ2v) is 4.96. The standard InChI is InChI=1S/C13H18S/c1-3-5-10-7-8-11-9-14-12(6-4-2)13(10)11/h7,9H,3-6,8H2,1-2H3. The third-order valence-electron chi connectivity index (χ3n) is 2.83. The molecule has 2 rings (SSSR count). The molecule has 14 heavy (non-hydrogen) atoms. The molecule has 0 N–H and O–H groups in total. The zero-order valence-corrected chi connectivity index (χ0v) is 9.91. The summed E-state index contributed by atoms with van der Waals surface area (Å²) in [7, 11) is 0. The molecular weight excluding hydrogens is 188 g/mol. The van der Waals surface area contributed by atoms with Crippen molar-refractivity contribution in [3.8, 4) is 0 Å². The van der Waals surface area contributed by atoms with Gasteiger partial charge in [0.15, 0.2) is 0 Å². The van der Waals surface area contributed by atoms with Crippen LogP contribution < -0.4 is 0 Å². The van der Waals surface area contributed by atoms with Crippen LogP contribution in [0, 0.1) is 0 Å². The first-order valence-electron chi connectivity index (χ1n) is 5.65. The molecule has 0 amide bonds. The summed E-state index contributed by atoms with van der Waals surface area (Å²) in [4.78, 5) is 1.62. The highest BCUT2D eigenvalue weighted by atomic mass is 32.1. The van der Waals surface area contributed by atoms with Crippen molar-refractivity contribution >= 4 is 16.9 Å². The Kier molecular flexibility index (Phi) is 3.07. The van der Waals surface area contributed by atoms with Gasteiger partial charge >= 0.3 is 0 Å². The van der Waals surface area contributed by atoms with Crippen molar-refractivity contribution < 1.29 is 0 Å². The van der Waals surface area contributed by atoms with Crippen LogP contribution in [0.4, 0.5) is 0 Å². The second kappa shape index (κ2) is 4.31. The number of thiophene rings is 1. The highest BCUT2D eigenvalue weighted by Gasteiger charge is 2.18. The summed E-state index contributed by atoms with van der Waals surface area (Å²) >= 11 is 1.97. The molecule has 1 aliphatic rings. The minimum atomic E-state index is 1.19. The maximum atomic E-state index is 2.43. The van der Waals surface area contributed by atoms with E-state index >= 15 is 0 Å². The quantitative estimate of drug-likeness (QED) is 0.683. The topological polar surface area (TPSA) is 0 Å². The third kappa shape index (κ3) is 1.66. The fourth-order valence-electron chi connectivity index (χ4n) is 2.22. The van der Waals surface area contributed by atoms with E-state index in [1.54, 1.807) is 21.6 Å². The van der Waals surface area contributed by atoms with Gasteiger partial charge in [0.1, 0.15) is 0 Å². The molecule has 0 saturated heterocycles. The molecule has 1 heteroatoms. The molecule has 0 radical (unpaired) electrons. The zero-order valence-electron chi connectivity index (χ0n) is 9.10. The number of rotatable bonds is 4. The SMILES string of the molecule is CCCC1=CCc2csc(CCC)c21. The summed E-state index contributed by atoms with van der Waals surface area (Å²) in [5.74, 6) is 0. The summed E-state index contributed by atoms with van der Waals surface area (Å²) in [5.41, 5.74) is 4.83. The summed E-state index contributed by atoms with van der Waals surface area (Å²) in [6.07, 6.45) is 8.69. The Labute approximate surface area is 90.7 Å². The van der Waals surface area contributed by atoms with Gasteiger partial charge in [0.05, 0.1) is 0 Å². The number of hydrogen-bond donors (Lipinski definition) is 0. The Balaban J connectivity index is 2.27. The van der Waals surface area contributed by atoms with E-state index in [2.05, 4.69) is 25.3 Å². The van der Waals surface area contributed by atoms with E-state index in [4.69, 9.17) is 0 Å². The molecule has 0 spiro atoms. The van der Waals surface area contributed by atoms with E-state index in [-0.39, 0.29) is 0 Å². The van der Waals surface area contributed by atoms with E-state index < -0.39 is 0 Å². The van der Waals surface area contributed by atoms with Crippen molar-refractivity contribution in [2.24, 2.45) is 0 Å². The van der Waals surface area contributed by atoms with Crippen LogP contribution in [0.15, 0.2) is 11.5 Å². The molecule has 0 nitrogen and oxygen atoms in total. The van der Waals surface area contributed by atoms with Gasteiger partial charge in [-0.2, -0.15) is 0 Å². The fraction of sp³-hybridized carbons (Fsp3) is 0.538. The molecule has 0 atom stereocenters. The van der Waals surface area contributed by atoms with E-state index in [0.717, 1.165) is 0 Å². The molecule has 0 saturated carbocycles. The van der Waals surface area contributed by atoms with Crippen molar-refractivity contribution in [3.05, 3.63) is 27.5 Å². The molecular formula is C13H18S. The van der Waals surface area contributed by atoms with E-state index in [0.29, 0.717) is 0 Å². The van der Waals surface area contributed by atoms with Gasteiger partial charge < -0.3 is 0 Å². The smallest absolute Gasteiger partial charge is 0.0123 e. The summed E-state index contributed by atoms with van der Waals surface area (Å²) in [6, 6.07) is 0. The van der Waals surface area contributed by atoms with Gasteiger partial charge in [-0.3, -0.25) is 0 Å². The van der Waals surface area contributed by atoms with Crippen LogP contribution in [-0.2, 0) is 12.8 Å². The normalized spacial score (nSPS) is 14.3. The Morgan fingerprint density at radius 1 is 1.21 bits per heavy atom. The molecule has 1 heterocycles. The lowest BCUT2D eigenvalue weighted by Crippen LogP contribution is -1.87.